The first-order chi connectivity index (χ1) is 14.2. The highest BCUT2D eigenvalue weighted by atomic mass is 35.5. The van der Waals surface area contributed by atoms with Gasteiger partial charge in [0.2, 0.25) is 15.9 Å². The molecule has 5 nitrogen and oxygen atoms in total. The number of sulfonamides is 1. The number of carbonyl (C=O) groups is 1. The molecule has 1 fully saturated rings. The first-order valence-electron chi connectivity index (χ1n) is 9.99. The molecule has 1 heterocycles. The molecule has 2 aromatic rings. The van der Waals surface area contributed by atoms with Gasteiger partial charge in [0.15, 0.2) is 0 Å². The number of hydrogen-bond donors (Lipinski definition) is 0. The van der Waals surface area contributed by atoms with Crippen LogP contribution in [0.1, 0.15) is 30.9 Å². The Morgan fingerprint density at radius 3 is 2.23 bits per heavy atom. The highest BCUT2D eigenvalue weighted by Crippen LogP contribution is 2.34. The van der Waals surface area contributed by atoms with E-state index in [1.807, 2.05) is 32.9 Å². The third kappa shape index (κ3) is 4.52. The molecule has 0 aliphatic carbocycles. The summed E-state index contributed by atoms with van der Waals surface area (Å²) in [5.74, 6) is -0.184. The van der Waals surface area contributed by atoms with Gasteiger partial charge in [0.05, 0.1) is 10.0 Å². The maximum absolute atomic E-state index is 13.2. The second kappa shape index (κ2) is 9.27. The molecule has 1 aliphatic heterocycles. The van der Waals surface area contributed by atoms with Crippen molar-refractivity contribution in [3.63, 3.8) is 0 Å². The highest BCUT2D eigenvalue weighted by Gasteiger charge is 2.35. The lowest BCUT2D eigenvalue weighted by Crippen LogP contribution is -2.44. The van der Waals surface area contributed by atoms with Crippen molar-refractivity contribution in [1.82, 2.24) is 4.31 Å². The number of anilines is 1. The van der Waals surface area contributed by atoms with Crippen LogP contribution in [-0.4, -0.2) is 38.3 Å². The van der Waals surface area contributed by atoms with E-state index in [1.165, 1.54) is 16.4 Å². The number of benzene rings is 2. The van der Waals surface area contributed by atoms with Gasteiger partial charge < -0.3 is 4.90 Å². The van der Waals surface area contributed by atoms with E-state index >= 15 is 0 Å². The summed E-state index contributed by atoms with van der Waals surface area (Å²) < 4.78 is 27.5. The molecule has 0 saturated carbocycles. The molecule has 0 bridgehead atoms. The van der Waals surface area contributed by atoms with Gasteiger partial charge in [-0.05, 0) is 57.4 Å². The van der Waals surface area contributed by atoms with E-state index in [4.69, 9.17) is 23.2 Å². The Balaban J connectivity index is 1.75. The molecule has 0 radical (unpaired) electrons. The molecule has 0 N–H and O–H groups in total. The number of hydrogen-bond acceptors (Lipinski definition) is 3. The summed E-state index contributed by atoms with van der Waals surface area (Å²) in [5.41, 5.74) is 3.11. The van der Waals surface area contributed by atoms with Gasteiger partial charge in [-0.2, -0.15) is 4.31 Å². The van der Waals surface area contributed by atoms with Crippen molar-refractivity contribution in [2.24, 2.45) is 5.92 Å². The van der Waals surface area contributed by atoms with Crippen LogP contribution >= 0.6 is 23.2 Å². The monoisotopic (exact) mass is 468 g/mol. The molecular weight excluding hydrogens is 443 g/mol. The summed E-state index contributed by atoms with van der Waals surface area (Å²) in [7, 11) is -3.82. The third-order valence-corrected chi connectivity index (χ3v) is 8.40. The molecule has 162 valence electrons. The van der Waals surface area contributed by atoms with Gasteiger partial charge in [-0.25, -0.2) is 8.42 Å². The van der Waals surface area contributed by atoms with Crippen molar-refractivity contribution in [2.45, 2.75) is 38.5 Å². The summed E-state index contributed by atoms with van der Waals surface area (Å²) >= 11 is 12.2. The first-order valence-corrected chi connectivity index (χ1v) is 12.2. The van der Waals surface area contributed by atoms with Gasteiger partial charge in [0.1, 0.15) is 4.90 Å². The Hall–Kier alpha value is -1.60. The fourth-order valence-electron chi connectivity index (χ4n) is 3.97. The number of aryl methyl sites for hydroxylation is 2. The Kier molecular flexibility index (Phi) is 7.13. The average Bonchev–Trinajstić information content (AvgIpc) is 2.69. The molecule has 3 rings (SSSR count). The summed E-state index contributed by atoms with van der Waals surface area (Å²) in [6.07, 6.45) is 0.920. The average molecular weight is 469 g/mol. The van der Waals surface area contributed by atoms with Gasteiger partial charge in [-0.1, -0.05) is 47.0 Å². The number of nitrogens with zero attached hydrogens (tertiary/aromatic N) is 2. The molecule has 30 heavy (non-hydrogen) atoms. The van der Waals surface area contributed by atoms with E-state index in [9.17, 15) is 13.2 Å². The molecule has 1 saturated heterocycles. The zero-order valence-electron chi connectivity index (χ0n) is 17.4. The Morgan fingerprint density at radius 1 is 1.10 bits per heavy atom. The van der Waals surface area contributed by atoms with Crippen LogP contribution in [0.3, 0.4) is 0 Å². The molecule has 1 aliphatic rings. The fourth-order valence-corrected chi connectivity index (χ4v) is 6.54. The van der Waals surface area contributed by atoms with E-state index in [0.29, 0.717) is 19.4 Å². The van der Waals surface area contributed by atoms with E-state index in [-0.39, 0.29) is 39.9 Å². The molecule has 2 aromatic carbocycles. The summed E-state index contributed by atoms with van der Waals surface area (Å²) in [4.78, 5) is 15.0. The Morgan fingerprint density at radius 2 is 1.70 bits per heavy atom. The van der Waals surface area contributed by atoms with Crippen molar-refractivity contribution in [3.8, 4) is 0 Å². The van der Waals surface area contributed by atoms with Gasteiger partial charge >= 0.3 is 0 Å². The lowest BCUT2D eigenvalue weighted by atomic mass is 9.96. The SMILES string of the molecule is CCN(C(=O)C1CCN(S(=O)(=O)c2c(Cl)cccc2Cl)CC1)c1ccc(C)cc1C. The van der Waals surface area contributed by atoms with Crippen molar-refractivity contribution in [3.05, 3.63) is 57.6 Å². The van der Waals surface area contributed by atoms with Crippen LogP contribution in [-0.2, 0) is 14.8 Å². The molecule has 8 heteroatoms. The quantitative estimate of drug-likeness (QED) is 0.615. The van der Waals surface area contributed by atoms with Gasteiger partial charge in [0, 0.05) is 31.2 Å². The predicted octanol–water partition coefficient (Wildman–Crippen LogP) is 5.06. The van der Waals surface area contributed by atoms with Crippen molar-refractivity contribution >= 4 is 44.8 Å². The van der Waals surface area contributed by atoms with Crippen LogP contribution in [0.25, 0.3) is 0 Å². The third-order valence-electron chi connectivity index (χ3n) is 5.55. The minimum atomic E-state index is -3.82. The normalized spacial score (nSPS) is 15.9. The van der Waals surface area contributed by atoms with Crippen molar-refractivity contribution < 1.29 is 13.2 Å². The van der Waals surface area contributed by atoms with Crippen molar-refractivity contribution in [2.75, 3.05) is 24.5 Å². The molecule has 0 aromatic heterocycles. The van der Waals surface area contributed by atoms with Crippen LogP contribution in [0.15, 0.2) is 41.3 Å². The maximum Gasteiger partial charge on any atom is 0.246 e. The zero-order chi connectivity index (χ0) is 22.1. The standard InChI is InChI=1S/C22H26Cl2N2O3S/c1-4-26(20-9-8-15(2)14-16(20)3)22(27)17-10-12-25(13-11-17)30(28,29)21-18(23)6-5-7-19(21)24/h5-9,14,17H,4,10-13H2,1-3H3. The summed E-state index contributed by atoms with van der Waals surface area (Å²) in [6.45, 7) is 7.05. The second-order valence-corrected chi connectivity index (χ2v) is 10.3. The Bertz CT molecular complexity index is 1030. The van der Waals surface area contributed by atoms with Crippen molar-refractivity contribution in [1.29, 1.82) is 0 Å². The molecular formula is C22H26Cl2N2O3S. The zero-order valence-corrected chi connectivity index (χ0v) is 19.7. The second-order valence-electron chi connectivity index (χ2n) is 7.60. The highest BCUT2D eigenvalue weighted by molar-refractivity contribution is 7.89. The molecule has 0 unspecified atom stereocenters. The lowest BCUT2D eigenvalue weighted by molar-refractivity contribution is -0.123. The smallest absolute Gasteiger partial charge is 0.246 e. The number of carbonyl (C=O) groups excluding carboxylic acids is 1. The number of piperidine rings is 1. The van der Waals surface area contributed by atoms with Gasteiger partial charge in [0.25, 0.3) is 0 Å². The molecule has 0 atom stereocenters. The topological polar surface area (TPSA) is 57.7 Å². The van der Waals surface area contributed by atoms with Crippen LogP contribution < -0.4 is 4.90 Å². The number of amides is 1. The van der Waals surface area contributed by atoms with Gasteiger partial charge in [-0.15, -0.1) is 0 Å². The van der Waals surface area contributed by atoms with E-state index < -0.39 is 10.0 Å². The van der Waals surface area contributed by atoms with Crippen LogP contribution in [0, 0.1) is 19.8 Å². The molecule has 1 amide bonds. The van der Waals surface area contributed by atoms with Crippen LogP contribution in [0.2, 0.25) is 10.0 Å². The fraction of sp³-hybridized carbons (Fsp3) is 0.409. The first kappa shape index (κ1) is 23.1. The largest absolute Gasteiger partial charge is 0.312 e. The number of rotatable bonds is 5. The van der Waals surface area contributed by atoms with E-state index in [0.717, 1.165) is 16.8 Å². The van der Waals surface area contributed by atoms with Gasteiger partial charge in [-0.3, -0.25) is 4.79 Å². The summed E-state index contributed by atoms with van der Waals surface area (Å²) in [5, 5.41) is 0.209. The minimum Gasteiger partial charge on any atom is -0.312 e. The van der Waals surface area contributed by atoms with E-state index in [2.05, 4.69) is 6.07 Å². The Labute approximate surface area is 188 Å². The molecule has 0 spiro atoms. The van der Waals surface area contributed by atoms with Crippen LogP contribution in [0.4, 0.5) is 5.69 Å². The van der Waals surface area contributed by atoms with E-state index in [1.54, 1.807) is 11.0 Å². The number of halogens is 2. The maximum atomic E-state index is 13.2. The lowest BCUT2D eigenvalue weighted by Gasteiger charge is -2.34. The minimum absolute atomic E-state index is 0.0391. The van der Waals surface area contributed by atoms with Crippen LogP contribution in [0.5, 0.6) is 0 Å². The summed E-state index contributed by atoms with van der Waals surface area (Å²) in [6, 6.07) is 10.7. The predicted molar refractivity (Wildman–Crippen MR) is 122 cm³/mol.